The number of carboxylic acids is 1. The van der Waals surface area contributed by atoms with Crippen LogP contribution < -0.4 is 6.25 Å². The molecule has 0 saturated carbocycles. The molecule has 0 fully saturated rings. The van der Waals surface area contributed by atoms with E-state index in [-0.39, 0.29) is 5.57 Å². The van der Waals surface area contributed by atoms with E-state index >= 15 is 0 Å². The summed E-state index contributed by atoms with van der Waals surface area (Å²) >= 11 is -0.740. The summed E-state index contributed by atoms with van der Waals surface area (Å²) in [7, 11) is 0. The zero-order chi connectivity index (χ0) is 14.1. The van der Waals surface area contributed by atoms with Gasteiger partial charge in [0, 0.05) is 5.57 Å². The molecule has 2 aromatic rings. The molecule has 0 unspecified atom stereocenters. The predicted molar refractivity (Wildman–Crippen MR) is 80.4 cm³/mol. The number of hydrogen-bond acceptors (Lipinski definition) is 1. The van der Waals surface area contributed by atoms with Crippen molar-refractivity contribution in [2.45, 2.75) is 6.92 Å². The van der Waals surface area contributed by atoms with Crippen molar-refractivity contribution in [3.05, 3.63) is 72.8 Å². The second-order valence-corrected chi connectivity index (χ2v) is 9.40. The summed E-state index contributed by atoms with van der Waals surface area (Å²) < 4.78 is 3.13. The van der Waals surface area contributed by atoms with Gasteiger partial charge in [-0.05, 0) is 6.92 Å². The van der Waals surface area contributed by atoms with E-state index in [1.54, 1.807) is 6.25 Å². The molecule has 0 spiro atoms. The van der Waals surface area contributed by atoms with Gasteiger partial charge in [-0.25, -0.2) is 4.79 Å². The van der Waals surface area contributed by atoms with Gasteiger partial charge in [-0.1, -0.05) is 6.58 Å². The standard InChI is InChI=1S/2C6H5.C4H6O2.Pb/c2*1-2-4-6-5-3-1;1-3(2)4(5)6;/h2*1-5H;1H2,2H3,(H,5,6);. The molecule has 96 valence electrons. The Bertz CT molecular complexity index is 471. The summed E-state index contributed by atoms with van der Waals surface area (Å²) in [6, 6.07) is 21.7. The van der Waals surface area contributed by atoms with Crippen LogP contribution in [0.1, 0.15) is 6.92 Å². The number of hydrogen-bond donors (Lipinski definition) is 1. The SMILES string of the molecule is C=C(C)C(=O)O.c1cc[c]([Pb][c]2ccccc2)cc1. The van der Waals surface area contributed by atoms with Gasteiger partial charge in [0.25, 0.3) is 0 Å². The number of rotatable bonds is 3. The van der Waals surface area contributed by atoms with Gasteiger partial charge in [0.05, 0.1) is 0 Å². The van der Waals surface area contributed by atoms with Crippen molar-refractivity contribution in [1.29, 1.82) is 0 Å². The molecule has 2 aromatic carbocycles. The van der Waals surface area contributed by atoms with Crippen LogP contribution in [0.4, 0.5) is 0 Å². The summed E-state index contributed by atoms with van der Waals surface area (Å²) in [4.78, 5) is 9.60. The van der Waals surface area contributed by atoms with Gasteiger partial charge in [-0.3, -0.25) is 0 Å². The topological polar surface area (TPSA) is 37.3 Å². The van der Waals surface area contributed by atoms with Gasteiger partial charge in [0.2, 0.25) is 0 Å². The number of benzene rings is 2. The predicted octanol–water partition coefficient (Wildman–Crippen LogP) is 1.99. The van der Waals surface area contributed by atoms with E-state index in [0.29, 0.717) is 0 Å². The van der Waals surface area contributed by atoms with Crippen LogP contribution in [0.3, 0.4) is 0 Å². The Morgan fingerprint density at radius 2 is 1.26 bits per heavy atom. The Hall–Kier alpha value is -1.43. The molecule has 0 aliphatic rings. The van der Waals surface area contributed by atoms with Gasteiger partial charge >= 0.3 is 97.1 Å². The fraction of sp³-hybridized carbons (Fsp3) is 0.0625. The van der Waals surface area contributed by atoms with Crippen LogP contribution in [0.15, 0.2) is 72.8 Å². The number of carboxylic acid groups (broad SMARTS) is 1. The summed E-state index contributed by atoms with van der Waals surface area (Å²) in [6.45, 7) is 4.60. The molecule has 0 aliphatic heterocycles. The second kappa shape index (κ2) is 8.64. The second-order valence-electron chi connectivity index (χ2n) is 3.94. The van der Waals surface area contributed by atoms with E-state index in [1.807, 2.05) is 0 Å². The van der Waals surface area contributed by atoms with Crippen LogP contribution in [0.25, 0.3) is 0 Å². The van der Waals surface area contributed by atoms with E-state index in [2.05, 4.69) is 67.2 Å². The first kappa shape index (κ1) is 15.6. The molecule has 0 heterocycles. The van der Waals surface area contributed by atoms with Gasteiger partial charge in [-0.2, -0.15) is 0 Å². The van der Waals surface area contributed by atoms with Crippen LogP contribution in [0.2, 0.25) is 0 Å². The maximum atomic E-state index is 9.60. The Balaban J connectivity index is 0.000000258. The molecule has 0 atom stereocenters. The van der Waals surface area contributed by atoms with Crippen LogP contribution in [-0.4, -0.2) is 35.3 Å². The van der Waals surface area contributed by atoms with Crippen molar-refractivity contribution < 1.29 is 9.90 Å². The normalized spacial score (nSPS) is 9.11. The Kier molecular flexibility index (Phi) is 7.10. The molecular formula is C16H16O2Pb. The van der Waals surface area contributed by atoms with Gasteiger partial charge in [0.15, 0.2) is 0 Å². The van der Waals surface area contributed by atoms with Crippen molar-refractivity contribution in [2.24, 2.45) is 0 Å². The first-order chi connectivity index (χ1) is 9.09. The third-order valence-electron chi connectivity index (χ3n) is 2.20. The molecule has 19 heavy (non-hydrogen) atoms. The first-order valence-corrected chi connectivity index (χ1v) is 9.74. The molecule has 0 saturated heterocycles. The third kappa shape index (κ3) is 6.91. The van der Waals surface area contributed by atoms with Crippen LogP contribution in [0.5, 0.6) is 0 Å². The van der Waals surface area contributed by atoms with Crippen LogP contribution in [0, 0.1) is 0 Å². The van der Waals surface area contributed by atoms with E-state index < -0.39 is 30.2 Å². The van der Waals surface area contributed by atoms with Crippen molar-refractivity contribution in [3.8, 4) is 0 Å². The monoisotopic (exact) mass is 448 g/mol. The summed E-state index contributed by atoms with van der Waals surface area (Å²) in [5, 5.41) is 7.89. The molecule has 0 aliphatic carbocycles. The molecule has 3 heteroatoms. The maximum absolute atomic E-state index is 9.60. The average Bonchev–Trinajstić information content (AvgIpc) is 2.41. The minimum absolute atomic E-state index is 0.176. The first-order valence-electron chi connectivity index (χ1n) is 5.85. The molecule has 1 N–H and O–H groups in total. The van der Waals surface area contributed by atoms with Crippen LogP contribution >= 0.6 is 0 Å². The summed E-state index contributed by atoms with van der Waals surface area (Å²) in [5.41, 5.74) is 0.176. The van der Waals surface area contributed by atoms with Crippen molar-refractivity contribution in [2.75, 3.05) is 0 Å². The molecule has 0 aromatic heterocycles. The number of aliphatic carboxylic acids is 1. The van der Waals surface area contributed by atoms with Gasteiger partial charge in [0.1, 0.15) is 0 Å². The zero-order valence-electron chi connectivity index (χ0n) is 10.8. The molecule has 2 nitrogen and oxygen atoms in total. The van der Waals surface area contributed by atoms with Crippen molar-refractivity contribution >= 4 is 36.5 Å². The molecular weight excluding hydrogens is 431 g/mol. The Morgan fingerprint density at radius 3 is 1.53 bits per heavy atom. The van der Waals surface area contributed by atoms with E-state index in [1.165, 1.54) is 6.92 Å². The van der Waals surface area contributed by atoms with Crippen molar-refractivity contribution in [3.63, 3.8) is 0 Å². The summed E-state index contributed by atoms with van der Waals surface area (Å²) in [6.07, 6.45) is 0. The average molecular weight is 448 g/mol. The van der Waals surface area contributed by atoms with E-state index in [9.17, 15) is 4.79 Å². The van der Waals surface area contributed by atoms with Crippen molar-refractivity contribution in [1.82, 2.24) is 0 Å². The van der Waals surface area contributed by atoms with E-state index in [4.69, 9.17) is 5.11 Å². The fourth-order valence-corrected chi connectivity index (χ4v) is 5.30. The zero-order valence-corrected chi connectivity index (χ0v) is 14.7. The van der Waals surface area contributed by atoms with Gasteiger partial charge < -0.3 is 5.11 Å². The molecule has 2 radical (unpaired) electrons. The third-order valence-corrected chi connectivity index (χ3v) is 7.04. The number of carbonyl (C=O) groups is 1. The minimum atomic E-state index is -0.935. The molecule has 2 rings (SSSR count). The Morgan fingerprint density at radius 1 is 0.947 bits per heavy atom. The fourth-order valence-electron chi connectivity index (χ4n) is 1.21. The quantitative estimate of drug-likeness (QED) is 0.577. The molecule has 0 bridgehead atoms. The molecule has 0 amide bonds. The van der Waals surface area contributed by atoms with E-state index in [0.717, 1.165) is 0 Å². The summed E-state index contributed by atoms with van der Waals surface area (Å²) in [5.74, 6) is -0.935. The van der Waals surface area contributed by atoms with Crippen LogP contribution in [-0.2, 0) is 4.79 Å². The Labute approximate surface area is 126 Å². The van der Waals surface area contributed by atoms with Gasteiger partial charge in [-0.15, -0.1) is 0 Å².